The van der Waals surface area contributed by atoms with Gasteiger partial charge in [0.15, 0.2) is 0 Å². The Hall–Kier alpha value is -0.120. The monoisotopic (exact) mass is 198 g/mol. The molecule has 2 rings (SSSR count). The molecular formula is C11H22N2O. The molecule has 3 nitrogen and oxygen atoms in total. The van der Waals surface area contributed by atoms with Gasteiger partial charge in [0.2, 0.25) is 0 Å². The Kier molecular flexibility index (Phi) is 3.10. The second-order valence-electron chi connectivity index (χ2n) is 4.76. The summed E-state index contributed by atoms with van der Waals surface area (Å²) < 4.78 is 5.74. The predicted octanol–water partition coefficient (Wildman–Crippen LogP) is 1.05. The molecule has 2 heterocycles. The first-order valence-electron chi connectivity index (χ1n) is 5.83. The summed E-state index contributed by atoms with van der Waals surface area (Å²) in [5, 5.41) is 3.45. The van der Waals surface area contributed by atoms with Gasteiger partial charge >= 0.3 is 0 Å². The van der Waals surface area contributed by atoms with Gasteiger partial charge in [-0.1, -0.05) is 6.92 Å². The van der Waals surface area contributed by atoms with E-state index in [-0.39, 0.29) is 5.72 Å². The highest BCUT2D eigenvalue weighted by Crippen LogP contribution is 2.27. The highest BCUT2D eigenvalue weighted by Gasteiger charge is 2.34. The minimum Gasteiger partial charge on any atom is -0.360 e. The third kappa shape index (κ3) is 2.27. The fourth-order valence-electron chi connectivity index (χ4n) is 2.69. The van der Waals surface area contributed by atoms with Gasteiger partial charge in [0.05, 0.1) is 6.61 Å². The minimum absolute atomic E-state index is 0.0333. The number of nitrogens with one attached hydrogen (secondary N) is 1. The summed E-state index contributed by atoms with van der Waals surface area (Å²) in [6, 6.07) is 0. The van der Waals surface area contributed by atoms with Crippen molar-refractivity contribution in [3.8, 4) is 0 Å². The highest BCUT2D eigenvalue weighted by molar-refractivity contribution is 4.85. The molecule has 1 N–H and O–H groups in total. The Morgan fingerprint density at radius 3 is 3.00 bits per heavy atom. The Labute approximate surface area is 86.8 Å². The van der Waals surface area contributed by atoms with E-state index >= 15 is 0 Å². The standard InChI is InChI=1S/C11H22N2O/c1-3-13-6-4-10(9-13)8-11(2)12-5-7-14-11/h10,12H,3-9H2,1-2H3. The molecule has 0 aliphatic carbocycles. The predicted molar refractivity (Wildman–Crippen MR) is 57.2 cm³/mol. The average molecular weight is 198 g/mol. The van der Waals surface area contributed by atoms with Gasteiger partial charge in [-0.3, -0.25) is 5.32 Å². The van der Waals surface area contributed by atoms with E-state index in [2.05, 4.69) is 24.1 Å². The maximum Gasteiger partial charge on any atom is 0.116 e. The lowest BCUT2D eigenvalue weighted by atomic mass is 9.97. The molecule has 0 aromatic carbocycles. The van der Waals surface area contributed by atoms with Gasteiger partial charge in [-0.05, 0) is 38.8 Å². The molecule has 0 bridgehead atoms. The second kappa shape index (κ2) is 4.17. The van der Waals surface area contributed by atoms with Crippen LogP contribution in [-0.2, 0) is 4.74 Å². The summed E-state index contributed by atoms with van der Waals surface area (Å²) >= 11 is 0. The van der Waals surface area contributed by atoms with Crippen LogP contribution in [0.15, 0.2) is 0 Å². The van der Waals surface area contributed by atoms with E-state index in [9.17, 15) is 0 Å². The first kappa shape index (κ1) is 10.4. The molecule has 2 fully saturated rings. The Morgan fingerprint density at radius 1 is 1.57 bits per heavy atom. The van der Waals surface area contributed by atoms with Crippen molar-refractivity contribution in [1.29, 1.82) is 0 Å². The minimum atomic E-state index is -0.0333. The molecule has 0 aromatic rings. The lowest BCUT2D eigenvalue weighted by molar-refractivity contribution is -0.0124. The van der Waals surface area contributed by atoms with Crippen LogP contribution in [0.5, 0.6) is 0 Å². The van der Waals surface area contributed by atoms with E-state index in [4.69, 9.17) is 4.74 Å². The van der Waals surface area contributed by atoms with Crippen molar-refractivity contribution in [2.75, 3.05) is 32.8 Å². The molecule has 0 amide bonds. The van der Waals surface area contributed by atoms with Crippen molar-refractivity contribution in [3.05, 3.63) is 0 Å². The van der Waals surface area contributed by atoms with Crippen molar-refractivity contribution in [2.24, 2.45) is 5.92 Å². The van der Waals surface area contributed by atoms with Crippen LogP contribution in [0.25, 0.3) is 0 Å². The Balaban J connectivity index is 1.80. The zero-order valence-corrected chi connectivity index (χ0v) is 9.38. The first-order chi connectivity index (χ1) is 6.72. The van der Waals surface area contributed by atoms with E-state index in [1.807, 2.05) is 0 Å². The van der Waals surface area contributed by atoms with Crippen LogP contribution in [0.2, 0.25) is 0 Å². The summed E-state index contributed by atoms with van der Waals surface area (Å²) in [7, 11) is 0. The van der Waals surface area contributed by atoms with Crippen molar-refractivity contribution < 1.29 is 4.74 Å². The van der Waals surface area contributed by atoms with Crippen LogP contribution in [-0.4, -0.2) is 43.4 Å². The quantitative estimate of drug-likeness (QED) is 0.733. The normalized spacial score (nSPS) is 39.4. The third-order valence-electron chi connectivity index (χ3n) is 3.52. The molecule has 2 unspecified atom stereocenters. The fraction of sp³-hybridized carbons (Fsp3) is 1.00. The average Bonchev–Trinajstić information content (AvgIpc) is 2.75. The topological polar surface area (TPSA) is 24.5 Å². The van der Waals surface area contributed by atoms with Gasteiger partial charge in [-0.25, -0.2) is 0 Å². The van der Waals surface area contributed by atoms with Gasteiger partial charge in [-0.15, -0.1) is 0 Å². The van der Waals surface area contributed by atoms with E-state index in [0.29, 0.717) is 0 Å². The Morgan fingerprint density at radius 2 is 2.43 bits per heavy atom. The number of hydrogen-bond acceptors (Lipinski definition) is 3. The zero-order valence-electron chi connectivity index (χ0n) is 9.38. The zero-order chi connectivity index (χ0) is 10.0. The summed E-state index contributed by atoms with van der Waals surface area (Å²) in [6.45, 7) is 10.1. The SMILES string of the molecule is CCN1CCC(CC2(C)NCCO2)C1. The van der Waals surface area contributed by atoms with Crippen molar-refractivity contribution in [1.82, 2.24) is 10.2 Å². The first-order valence-corrected chi connectivity index (χ1v) is 5.83. The Bertz CT molecular complexity index is 190. The van der Waals surface area contributed by atoms with E-state index in [1.54, 1.807) is 0 Å². The molecule has 0 radical (unpaired) electrons. The van der Waals surface area contributed by atoms with Gasteiger partial charge < -0.3 is 9.64 Å². The number of hydrogen-bond donors (Lipinski definition) is 1. The van der Waals surface area contributed by atoms with Crippen LogP contribution >= 0.6 is 0 Å². The van der Waals surface area contributed by atoms with E-state index < -0.39 is 0 Å². The molecule has 2 atom stereocenters. The third-order valence-corrected chi connectivity index (χ3v) is 3.52. The highest BCUT2D eigenvalue weighted by atomic mass is 16.5. The van der Waals surface area contributed by atoms with Crippen molar-refractivity contribution in [2.45, 2.75) is 32.4 Å². The number of likely N-dealkylation sites (tertiary alicyclic amines) is 1. The number of ether oxygens (including phenoxy) is 1. The van der Waals surface area contributed by atoms with Crippen molar-refractivity contribution in [3.63, 3.8) is 0 Å². The molecule has 2 saturated heterocycles. The van der Waals surface area contributed by atoms with Crippen LogP contribution in [0.1, 0.15) is 26.7 Å². The van der Waals surface area contributed by atoms with E-state index in [1.165, 1.54) is 32.5 Å². The summed E-state index contributed by atoms with van der Waals surface area (Å²) in [4.78, 5) is 2.53. The largest absolute Gasteiger partial charge is 0.360 e. The maximum absolute atomic E-state index is 5.74. The molecule has 14 heavy (non-hydrogen) atoms. The molecule has 3 heteroatoms. The summed E-state index contributed by atoms with van der Waals surface area (Å²) in [5.74, 6) is 0.825. The molecule has 0 aromatic heterocycles. The van der Waals surface area contributed by atoms with Crippen LogP contribution < -0.4 is 5.32 Å². The molecular weight excluding hydrogens is 176 g/mol. The number of nitrogens with zero attached hydrogens (tertiary/aromatic N) is 1. The van der Waals surface area contributed by atoms with Gasteiger partial charge in [0.1, 0.15) is 5.72 Å². The molecule has 82 valence electrons. The lowest BCUT2D eigenvalue weighted by Gasteiger charge is -2.27. The molecule has 2 aliphatic heterocycles. The molecule has 2 aliphatic rings. The molecule has 0 saturated carbocycles. The second-order valence-corrected chi connectivity index (χ2v) is 4.76. The fourth-order valence-corrected chi connectivity index (χ4v) is 2.69. The smallest absolute Gasteiger partial charge is 0.116 e. The van der Waals surface area contributed by atoms with Crippen molar-refractivity contribution >= 4 is 0 Å². The summed E-state index contributed by atoms with van der Waals surface area (Å²) in [5.41, 5.74) is -0.0333. The van der Waals surface area contributed by atoms with Crippen LogP contribution in [0.3, 0.4) is 0 Å². The van der Waals surface area contributed by atoms with Gasteiger partial charge in [-0.2, -0.15) is 0 Å². The maximum atomic E-state index is 5.74. The van der Waals surface area contributed by atoms with Gasteiger partial charge in [0.25, 0.3) is 0 Å². The molecule has 0 spiro atoms. The van der Waals surface area contributed by atoms with Crippen LogP contribution in [0, 0.1) is 5.92 Å². The van der Waals surface area contributed by atoms with E-state index in [0.717, 1.165) is 19.1 Å². The van der Waals surface area contributed by atoms with Gasteiger partial charge in [0, 0.05) is 13.1 Å². The number of rotatable bonds is 3. The lowest BCUT2D eigenvalue weighted by Crippen LogP contribution is -2.40. The van der Waals surface area contributed by atoms with Crippen LogP contribution in [0.4, 0.5) is 0 Å². The summed E-state index contributed by atoms with van der Waals surface area (Å²) in [6.07, 6.45) is 2.51.